The number of carbonyl (C=O) groups is 1. The smallest absolute Gasteiger partial charge is 0.338 e. The average Bonchev–Trinajstić information content (AvgIpc) is 2.80. The predicted molar refractivity (Wildman–Crippen MR) is 127 cm³/mol. The summed E-state index contributed by atoms with van der Waals surface area (Å²) in [5, 5.41) is 0. The molecule has 166 valence electrons. The largest absolute Gasteiger partial charge is 0.459 e. The molecule has 0 aliphatic heterocycles. The van der Waals surface area contributed by atoms with Crippen LogP contribution in [0, 0.1) is 17.8 Å². The van der Waals surface area contributed by atoms with Gasteiger partial charge in [0, 0.05) is 0 Å². The van der Waals surface area contributed by atoms with Gasteiger partial charge in [0.15, 0.2) is 0 Å². The number of allylic oxidation sites excluding steroid dienone is 2. The highest BCUT2D eigenvalue weighted by Gasteiger charge is 2.24. The van der Waals surface area contributed by atoms with Gasteiger partial charge in [-0.2, -0.15) is 0 Å². The molecule has 2 nitrogen and oxygen atoms in total. The molecule has 30 heavy (non-hydrogen) atoms. The molecule has 2 unspecified atom stereocenters. The van der Waals surface area contributed by atoms with Crippen molar-refractivity contribution < 1.29 is 9.53 Å². The first kappa shape index (κ1) is 23.1. The van der Waals surface area contributed by atoms with Gasteiger partial charge in [-0.3, -0.25) is 0 Å². The van der Waals surface area contributed by atoms with Crippen LogP contribution in [0.25, 0.3) is 5.57 Å². The van der Waals surface area contributed by atoms with Crippen LogP contribution in [-0.2, 0) is 4.74 Å². The maximum Gasteiger partial charge on any atom is 0.338 e. The maximum absolute atomic E-state index is 12.5. The van der Waals surface area contributed by atoms with Crippen LogP contribution in [0.2, 0.25) is 0 Å². The van der Waals surface area contributed by atoms with Gasteiger partial charge in [-0.15, -0.1) is 0 Å². The fraction of sp³-hybridized carbons (Fsp3) is 0.679. The first-order valence-corrected chi connectivity index (χ1v) is 12.6. The van der Waals surface area contributed by atoms with Gasteiger partial charge in [-0.25, -0.2) is 4.79 Å². The fourth-order valence-electron chi connectivity index (χ4n) is 5.28. The molecular weight excluding hydrogens is 368 g/mol. The quantitative estimate of drug-likeness (QED) is 0.303. The zero-order valence-electron chi connectivity index (χ0n) is 19.5. The minimum absolute atomic E-state index is 0.109. The summed E-state index contributed by atoms with van der Waals surface area (Å²) in [6.07, 6.45) is 17.3. The van der Waals surface area contributed by atoms with Gasteiger partial charge >= 0.3 is 5.97 Å². The monoisotopic (exact) mass is 410 g/mol. The van der Waals surface area contributed by atoms with Crippen molar-refractivity contribution in [3.63, 3.8) is 0 Å². The lowest BCUT2D eigenvalue weighted by atomic mass is 9.78. The van der Waals surface area contributed by atoms with E-state index in [1.807, 2.05) is 12.1 Å². The number of hydrogen-bond donors (Lipinski definition) is 0. The second-order valence-corrected chi connectivity index (χ2v) is 9.77. The van der Waals surface area contributed by atoms with E-state index in [0.29, 0.717) is 5.56 Å². The molecule has 0 saturated heterocycles. The normalized spacial score (nSPS) is 25.4. The van der Waals surface area contributed by atoms with Gasteiger partial charge in [-0.05, 0) is 86.0 Å². The summed E-state index contributed by atoms with van der Waals surface area (Å²) in [5.41, 5.74) is 3.41. The molecule has 1 aromatic carbocycles. The lowest BCUT2D eigenvalue weighted by molar-refractivity contribution is 0.0164. The van der Waals surface area contributed by atoms with Crippen LogP contribution in [0.1, 0.15) is 114 Å². The SMILES string of the molecule is CCCCCC(C)C1CC=C(c2ccc(C(=O)O[C@H]3CC[C@H](CC)CC3)cc2)CC1. The number of esters is 1. The van der Waals surface area contributed by atoms with Crippen molar-refractivity contribution in [2.24, 2.45) is 17.8 Å². The van der Waals surface area contributed by atoms with E-state index in [4.69, 9.17) is 4.74 Å². The summed E-state index contributed by atoms with van der Waals surface area (Å²) in [6.45, 7) is 6.98. The van der Waals surface area contributed by atoms with Gasteiger partial charge in [0.05, 0.1) is 5.56 Å². The number of benzene rings is 1. The van der Waals surface area contributed by atoms with E-state index in [0.717, 1.165) is 37.0 Å². The highest BCUT2D eigenvalue weighted by Crippen LogP contribution is 2.36. The molecule has 1 saturated carbocycles. The zero-order valence-corrected chi connectivity index (χ0v) is 19.5. The molecule has 0 spiro atoms. The lowest BCUT2D eigenvalue weighted by Crippen LogP contribution is -2.24. The average molecular weight is 411 g/mol. The van der Waals surface area contributed by atoms with Gasteiger partial charge in [-0.1, -0.05) is 71.1 Å². The molecule has 0 radical (unpaired) electrons. The molecule has 0 amide bonds. The van der Waals surface area contributed by atoms with Crippen LogP contribution in [0.15, 0.2) is 30.3 Å². The highest BCUT2D eigenvalue weighted by atomic mass is 16.5. The molecule has 0 aromatic heterocycles. The van der Waals surface area contributed by atoms with Crippen molar-refractivity contribution in [2.75, 3.05) is 0 Å². The third-order valence-electron chi connectivity index (χ3n) is 7.66. The number of unbranched alkanes of at least 4 members (excludes halogenated alkanes) is 2. The van der Waals surface area contributed by atoms with Gasteiger partial charge in [0.2, 0.25) is 0 Å². The summed E-state index contributed by atoms with van der Waals surface area (Å²) in [7, 11) is 0. The topological polar surface area (TPSA) is 26.3 Å². The molecule has 0 bridgehead atoms. The Hall–Kier alpha value is -1.57. The van der Waals surface area contributed by atoms with E-state index in [9.17, 15) is 4.79 Å². The first-order chi connectivity index (χ1) is 14.6. The van der Waals surface area contributed by atoms with Crippen LogP contribution in [0.5, 0.6) is 0 Å². The van der Waals surface area contributed by atoms with E-state index in [1.165, 1.54) is 68.9 Å². The van der Waals surface area contributed by atoms with E-state index < -0.39 is 0 Å². The molecule has 2 aliphatic carbocycles. The van der Waals surface area contributed by atoms with Crippen molar-refractivity contribution in [3.05, 3.63) is 41.5 Å². The number of ether oxygens (including phenoxy) is 1. The van der Waals surface area contributed by atoms with E-state index >= 15 is 0 Å². The Labute approximate surface area is 184 Å². The molecule has 2 atom stereocenters. The van der Waals surface area contributed by atoms with Crippen molar-refractivity contribution in [1.29, 1.82) is 0 Å². The van der Waals surface area contributed by atoms with E-state index in [2.05, 4.69) is 39.0 Å². The Morgan fingerprint density at radius 2 is 1.77 bits per heavy atom. The minimum Gasteiger partial charge on any atom is -0.459 e. The maximum atomic E-state index is 12.5. The minimum atomic E-state index is -0.153. The van der Waals surface area contributed by atoms with Crippen LogP contribution < -0.4 is 0 Å². The standard InChI is InChI=1S/C28H42O2/c1-4-6-7-8-21(3)23-11-13-24(14-12-23)25-15-17-26(18-16-25)28(29)30-27-19-9-22(5-2)10-20-27/h13,15-18,21-23,27H,4-12,14,19-20H2,1-3H3/t21?,22-,23?,27-. The molecule has 0 heterocycles. The second-order valence-electron chi connectivity index (χ2n) is 9.77. The second kappa shape index (κ2) is 11.7. The molecule has 3 rings (SSSR count). The Morgan fingerprint density at radius 3 is 2.37 bits per heavy atom. The van der Waals surface area contributed by atoms with E-state index in [-0.39, 0.29) is 12.1 Å². The Kier molecular flexibility index (Phi) is 9.03. The third kappa shape index (κ3) is 6.46. The lowest BCUT2D eigenvalue weighted by Gasteiger charge is -2.28. The van der Waals surface area contributed by atoms with Crippen LogP contribution in [0.4, 0.5) is 0 Å². The van der Waals surface area contributed by atoms with Crippen molar-refractivity contribution in [3.8, 4) is 0 Å². The molecule has 0 N–H and O–H groups in total. The summed E-state index contributed by atoms with van der Waals surface area (Å²) < 4.78 is 5.78. The molecular formula is C28H42O2. The Morgan fingerprint density at radius 1 is 1.03 bits per heavy atom. The summed E-state index contributed by atoms with van der Waals surface area (Å²) in [5.74, 6) is 2.34. The van der Waals surface area contributed by atoms with E-state index in [1.54, 1.807) is 0 Å². The molecule has 1 fully saturated rings. The molecule has 2 aliphatic rings. The van der Waals surface area contributed by atoms with Crippen molar-refractivity contribution in [2.45, 2.75) is 104 Å². The predicted octanol–water partition coefficient (Wildman–Crippen LogP) is 8.21. The number of rotatable bonds is 9. The fourth-order valence-corrected chi connectivity index (χ4v) is 5.28. The van der Waals surface area contributed by atoms with Crippen molar-refractivity contribution in [1.82, 2.24) is 0 Å². The van der Waals surface area contributed by atoms with Gasteiger partial charge < -0.3 is 4.74 Å². The summed E-state index contributed by atoms with van der Waals surface area (Å²) in [6, 6.07) is 8.13. The first-order valence-electron chi connectivity index (χ1n) is 12.6. The van der Waals surface area contributed by atoms with Crippen LogP contribution in [0.3, 0.4) is 0 Å². The number of hydrogen-bond acceptors (Lipinski definition) is 2. The zero-order chi connectivity index (χ0) is 21.3. The van der Waals surface area contributed by atoms with Gasteiger partial charge in [0.25, 0.3) is 0 Å². The van der Waals surface area contributed by atoms with Gasteiger partial charge in [0.1, 0.15) is 6.10 Å². The summed E-state index contributed by atoms with van der Waals surface area (Å²) in [4.78, 5) is 12.5. The Balaban J connectivity index is 1.49. The number of carbonyl (C=O) groups excluding carboxylic acids is 1. The Bertz CT molecular complexity index is 679. The third-order valence-corrected chi connectivity index (χ3v) is 7.66. The summed E-state index contributed by atoms with van der Waals surface area (Å²) >= 11 is 0. The molecule has 1 aromatic rings. The van der Waals surface area contributed by atoms with Crippen LogP contribution >= 0.6 is 0 Å². The highest BCUT2D eigenvalue weighted by molar-refractivity contribution is 5.90. The van der Waals surface area contributed by atoms with Crippen LogP contribution in [-0.4, -0.2) is 12.1 Å². The molecule has 2 heteroatoms. The van der Waals surface area contributed by atoms with Crippen molar-refractivity contribution >= 4 is 11.5 Å².